The first kappa shape index (κ1) is 25.8. The van der Waals surface area contributed by atoms with Crippen LogP contribution in [0.5, 0.6) is 0 Å². The molecule has 2 aromatic heterocycles. The summed E-state index contributed by atoms with van der Waals surface area (Å²) in [5.41, 5.74) is 4.07. The fraction of sp³-hybridized carbons (Fsp3) is 0.385. The minimum atomic E-state index is -0.559. The summed E-state index contributed by atoms with van der Waals surface area (Å²) in [4.78, 5) is 39.4. The molecule has 0 bridgehead atoms. The summed E-state index contributed by atoms with van der Waals surface area (Å²) in [6.07, 6.45) is 7.53. The lowest BCUT2D eigenvalue weighted by Crippen LogP contribution is -2.74. The normalized spacial score (nSPS) is 21.0. The van der Waals surface area contributed by atoms with Crippen molar-refractivity contribution < 1.29 is 14.0 Å². The van der Waals surface area contributed by atoms with E-state index in [-0.39, 0.29) is 30.3 Å². The van der Waals surface area contributed by atoms with Crippen LogP contribution in [-0.2, 0) is 22.7 Å². The molecule has 37 heavy (non-hydrogen) atoms. The van der Waals surface area contributed by atoms with Crippen LogP contribution in [0.3, 0.4) is 0 Å². The predicted octanol–water partition coefficient (Wildman–Crippen LogP) is 3.37. The van der Waals surface area contributed by atoms with E-state index in [1.54, 1.807) is 46.7 Å². The number of piperazine rings is 1. The number of carbonyl (C=O) groups excluding carboxylic acids is 2. The molecule has 2 saturated heterocycles. The number of carbonyl (C=O) groups is 2. The average Bonchev–Trinajstić information content (AvgIpc) is 3.40. The van der Waals surface area contributed by atoms with E-state index < -0.39 is 6.04 Å². The Morgan fingerprint density at radius 3 is 2.78 bits per heavy atom. The predicted molar refractivity (Wildman–Crippen MR) is 144 cm³/mol. The lowest BCUT2D eigenvalue weighted by molar-refractivity contribution is -0.204. The van der Waals surface area contributed by atoms with Gasteiger partial charge in [0.1, 0.15) is 18.0 Å². The van der Waals surface area contributed by atoms with Crippen LogP contribution in [0.2, 0.25) is 0 Å². The molecule has 2 fully saturated rings. The highest BCUT2D eigenvalue weighted by Gasteiger charge is 2.49. The van der Waals surface area contributed by atoms with Crippen LogP contribution in [0.25, 0.3) is 10.2 Å². The number of hydrogen-bond donors (Lipinski definition) is 0. The smallest absolute Gasteiger partial charge is 0.245 e. The van der Waals surface area contributed by atoms with E-state index in [0.29, 0.717) is 42.8 Å². The van der Waals surface area contributed by atoms with Gasteiger partial charge in [0, 0.05) is 32.0 Å². The second-order valence-electron chi connectivity index (χ2n) is 9.12. The molecular weight excluding hydrogens is 511 g/mol. The van der Waals surface area contributed by atoms with Gasteiger partial charge in [-0.05, 0) is 47.8 Å². The van der Waals surface area contributed by atoms with Crippen LogP contribution in [-0.4, -0.2) is 85.5 Å². The standard InChI is InChI=1S/C26H29FN6O2S2/c1-3-11-31-16-23(34)33-21(8-12-36-2)26(35)30(14-19-4-5-20(27)25-24(19)29-17-37-25)15-22(33)32(31)13-18-6-9-28-10-7-18/h3-7,9-10,17,21-22H,1,8,11-16H2,2H3/t21-,22+/m0/s1. The summed E-state index contributed by atoms with van der Waals surface area (Å²) in [5.74, 6) is 0.318. The van der Waals surface area contributed by atoms with Gasteiger partial charge in [0.25, 0.3) is 0 Å². The first-order chi connectivity index (χ1) is 18.0. The summed E-state index contributed by atoms with van der Waals surface area (Å²) in [6, 6.07) is 6.50. The summed E-state index contributed by atoms with van der Waals surface area (Å²) < 4.78 is 14.8. The number of pyridine rings is 1. The maximum atomic E-state index is 14.3. The van der Waals surface area contributed by atoms with Gasteiger partial charge in [-0.15, -0.1) is 17.9 Å². The van der Waals surface area contributed by atoms with Crippen LogP contribution in [0.4, 0.5) is 4.39 Å². The highest BCUT2D eigenvalue weighted by Crippen LogP contribution is 2.32. The molecule has 0 N–H and O–H groups in total. The highest BCUT2D eigenvalue weighted by molar-refractivity contribution is 7.98. The maximum absolute atomic E-state index is 14.3. The van der Waals surface area contributed by atoms with Gasteiger partial charge in [0.05, 0.1) is 28.8 Å². The van der Waals surface area contributed by atoms with Crippen LogP contribution < -0.4 is 0 Å². The minimum Gasteiger partial charge on any atom is -0.333 e. The molecule has 0 unspecified atom stereocenters. The number of hydrogen-bond acceptors (Lipinski definition) is 8. The molecule has 2 amide bonds. The van der Waals surface area contributed by atoms with Crippen LogP contribution in [0.15, 0.2) is 54.8 Å². The van der Waals surface area contributed by atoms with E-state index in [4.69, 9.17) is 0 Å². The number of rotatable bonds is 9. The van der Waals surface area contributed by atoms with E-state index >= 15 is 0 Å². The van der Waals surface area contributed by atoms with E-state index in [1.807, 2.05) is 28.3 Å². The number of benzene rings is 1. The lowest BCUT2D eigenvalue weighted by atomic mass is 10.0. The van der Waals surface area contributed by atoms with Crippen molar-refractivity contribution >= 4 is 45.1 Å². The Hall–Kier alpha value is -2.86. The van der Waals surface area contributed by atoms with Gasteiger partial charge in [0.15, 0.2) is 0 Å². The molecule has 2 atom stereocenters. The molecule has 3 aromatic rings. The van der Waals surface area contributed by atoms with Crippen molar-refractivity contribution in [1.82, 2.24) is 29.8 Å². The third-order valence-electron chi connectivity index (χ3n) is 6.86. The SMILES string of the molecule is C=CCN1CC(=O)N2[C@@H](CCSC)C(=O)N(Cc3ccc(F)c4scnc34)C[C@@H]2N1Cc1ccncc1. The van der Waals surface area contributed by atoms with Gasteiger partial charge in [-0.25, -0.2) is 19.4 Å². The van der Waals surface area contributed by atoms with Gasteiger partial charge in [-0.2, -0.15) is 11.8 Å². The fourth-order valence-electron chi connectivity index (χ4n) is 5.15. The number of hydrazine groups is 1. The van der Waals surface area contributed by atoms with Gasteiger partial charge in [-0.3, -0.25) is 14.6 Å². The number of nitrogens with zero attached hydrogens (tertiary/aromatic N) is 6. The molecule has 2 aliphatic rings. The maximum Gasteiger partial charge on any atom is 0.245 e. The molecule has 0 radical (unpaired) electrons. The second kappa shape index (κ2) is 11.3. The number of fused-ring (bicyclic) bond motifs is 2. The fourth-order valence-corrected chi connectivity index (χ4v) is 6.35. The molecule has 0 aliphatic carbocycles. The third-order valence-corrected chi connectivity index (χ3v) is 8.34. The molecule has 0 spiro atoms. The van der Waals surface area contributed by atoms with Crippen LogP contribution in [0, 0.1) is 5.82 Å². The molecular formula is C26H29FN6O2S2. The third kappa shape index (κ3) is 5.13. The van der Waals surface area contributed by atoms with Crippen molar-refractivity contribution in [2.24, 2.45) is 0 Å². The van der Waals surface area contributed by atoms with Gasteiger partial charge in [0.2, 0.25) is 11.8 Å². The summed E-state index contributed by atoms with van der Waals surface area (Å²) in [5, 5.41) is 4.18. The molecule has 194 valence electrons. The van der Waals surface area contributed by atoms with E-state index in [1.165, 1.54) is 17.4 Å². The van der Waals surface area contributed by atoms with Crippen LogP contribution in [0.1, 0.15) is 17.5 Å². The topological polar surface area (TPSA) is 72.9 Å². The Bertz CT molecular complexity index is 1290. The molecule has 5 rings (SSSR count). The first-order valence-electron chi connectivity index (χ1n) is 12.1. The van der Waals surface area contributed by atoms with Crippen molar-refractivity contribution in [3.05, 3.63) is 71.8 Å². The zero-order valence-corrected chi connectivity index (χ0v) is 22.3. The number of thiazole rings is 1. The molecule has 8 nitrogen and oxygen atoms in total. The van der Waals surface area contributed by atoms with Gasteiger partial charge >= 0.3 is 0 Å². The van der Waals surface area contributed by atoms with Crippen molar-refractivity contribution in [2.45, 2.75) is 31.7 Å². The monoisotopic (exact) mass is 540 g/mol. The Morgan fingerprint density at radius 2 is 2.03 bits per heavy atom. The Labute approximate surface area is 223 Å². The van der Waals surface area contributed by atoms with Gasteiger partial charge in [-0.1, -0.05) is 12.1 Å². The average molecular weight is 541 g/mol. The van der Waals surface area contributed by atoms with Crippen molar-refractivity contribution in [3.63, 3.8) is 0 Å². The zero-order valence-electron chi connectivity index (χ0n) is 20.6. The summed E-state index contributed by atoms with van der Waals surface area (Å²) in [6.45, 7) is 5.80. The molecule has 0 saturated carbocycles. The van der Waals surface area contributed by atoms with E-state index in [2.05, 4.69) is 21.6 Å². The number of thioether (sulfide) groups is 1. The van der Waals surface area contributed by atoms with E-state index in [9.17, 15) is 14.0 Å². The summed E-state index contributed by atoms with van der Waals surface area (Å²) in [7, 11) is 0. The largest absolute Gasteiger partial charge is 0.333 e. The Balaban J connectivity index is 1.51. The first-order valence-corrected chi connectivity index (χ1v) is 14.4. The van der Waals surface area contributed by atoms with Gasteiger partial charge < -0.3 is 9.80 Å². The number of halogens is 1. The Kier molecular flexibility index (Phi) is 7.84. The highest BCUT2D eigenvalue weighted by atomic mass is 32.2. The molecule has 1 aromatic carbocycles. The Morgan fingerprint density at radius 1 is 1.22 bits per heavy atom. The second-order valence-corrected chi connectivity index (χ2v) is 11.0. The van der Waals surface area contributed by atoms with E-state index in [0.717, 1.165) is 16.9 Å². The zero-order chi connectivity index (χ0) is 25.9. The molecule has 2 aliphatic heterocycles. The van der Waals surface area contributed by atoms with Crippen molar-refractivity contribution in [2.75, 3.05) is 31.6 Å². The number of aromatic nitrogens is 2. The summed E-state index contributed by atoms with van der Waals surface area (Å²) >= 11 is 2.91. The number of amides is 2. The van der Waals surface area contributed by atoms with Crippen LogP contribution >= 0.6 is 23.1 Å². The van der Waals surface area contributed by atoms with Crippen molar-refractivity contribution in [1.29, 1.82) is 0 Å². The molecule has 11 heteroatoms. The lowest BCUT2D eigenvalue weighted by Gasteiger charge is -2.55. The van der Waals surface area contributed by atoms with Crippen molar-refractivity contribution in [3.8, 4) is 0 Å². The quantitative estimate of drug-likeness (QED) is 0.386. The molecule has 4 heterocycles. The minimum absolute atomic E-state index is 0.0550.